The number of carboxylic acids is 1. The minimum Gasteiger partial charge on any atom is -0.475 e. The van der Waals surface area contributed by atoms with Crippen LogP contribution >= 0.6 is 0 Å². The van der Waals surface area contributed by atoms with E-state index in [0.717, 1.165) is 0 Å². The van der Waals surface area contributed by atoms with Crippen LogP contribution in [0.4, 0.5) is 18.9 Å². The van der Waals surface area contributed by atoms with Gasteiger partial charge < -0.3 is 15.8 Å². The maximum absolute atomic E-state index is 11.2. The number of nitrogen functional groups attached to an aromatic ring is 1. The van der Waals surface area contributed by atoms with Crippen molar-refractivity contribution in [2.24, 2.45) is 5.84 Å². The number of halogens is 3. The number of hydrogen-bond donors (Lipinski definition) is 4. The lowest BCUT2D eigenvalue weighted by Crippen LogP contribution is -2.21. The van der Waals surface area contributed by atoms with Gasteiger partial charge in [0, 0.05) is 7.05 Å². The topological polar surface area (TPSA) is 104 Å². The number of hydrogen-bond acceptors (Lipinski definition) is 4. The average molecular weight is 279 g/mol. The second-order valence-electron chi connectivity index (χ2n) is 3.07. The molecule has 0 fully saturated rings. The Morgan fingerprint density at radius 2 is 1.74 bits per heavy atom. The molecule has 0 aromatic heterocycles. The number of aliphatic carboxylic acids is 1. The first-order valence-electron chi connectivity index (χ1n) is 4.81. The Morgan fingerprint density at radius 1 is 1.26 bits per heavy atom. The summed E-state index contributed by atoms with van der Waals surface area (Å²) >= 11 is 0. The fourth-order valence-electron chi connectivity index (χ4n) is 0.942. The molecule has 0 saturated heterocycles. The number of rotatable bonds is 2. The van der Waals surface area contributed by atoms with Gasteiger partial charge in [-0.2, -0.15) is 13.2 Å². The molecule has 0 aliphatic rings. The van der Waals surface area contributed by atoms with Gasteiger partial charge in [0.25, 0.3) is 5.91 Å². The zero-order valence-corrected chi connectivity index (χ0v) is 9.78. The summed E-state index contributed by atoms with van der Waals surface area (Å²) in [5.74, 6) is 2.31. The van der Waals surface area contributed by atoms with Crippen molar-refractivity contribution in [3.8, 4) is 0 Å². The standard InChI is InChI=1S/C8H11N3O.C2HF3O2/c1-10-8(12)6-4-2-3-5-7(6)11-9;3-2(4,5)1(6)7/h2-5,11H,9H2,1H3,(H,10,12);(H,6,7). The van der Waals surface area contributed by atoms with Gasteiger partial charge in [0.15, 0.2) is 0 Å². The van der Waals surface area contributed by atoms with E-state index >= 15 is 0 Å². The Kier molecular flexibility index (Phi) is 6.34. The molecular weight excluding hydrogens is 267 g/mol. The highest BCUT2D eigenvalue weighted by molar-refractivity contribution is 5.99. The average Bonchev–Trinajstić information content (AvgIpc) is 2.37. The molecule has 1 amide bonds. The molecule has 0 bridgehead atoms. The summed E-state index contributed by atoms with van der Waals surface area (Å²) in [6, 6.07) is 7.03. The van der Waals surface area contributed by atoms with Crippen molar-refractivity contribution >= 4 is 17.6 Å². The third-order valence-electron chi connectivity index (χ3n) is 1.80. The van der Waals surface area contributed by atoms with Gasteiger partial charge in [0.05, 0.1) is 11.3 Å². The monoisotopic (exact) mass is 279 g/mol. The van der Waals surface area contributed by atoms with Gasteiger partial charge in [-0.25, -0.2) is 4.79 Å². The largest absolute Gasteiger partial charge is 0.490 e. The number of nitrogens with two attached hydrogens (primary N) is 1. The number of nitrogens with one attached hydrogen (secondary N) is 2. The number of carbonyl (C=O) groups is 2. The van der Waals surface area contributed by atoms with Gasteiger partial charge in [-0.15, -0.1) is 0 Å². The molecule has 9 heteroatoms. The first-order valence-corrected chi connectivity index (χ1v) is 4.81. The van der Waals surface area contributed by atoms with E-state index < -0.39 is 12.1 Å². The Morgan fingerprint density at radius 3 is 2.11 bits per heavy atom. The number of anilines is 1. The van der Waals surface area contributed by atoms with Crippen molar-refractivity contribution in [3.05, 3.63) is 29.8 Å². The lowest BCUT2D eigenvalue weighted by atomic mass is 10.2. The fourth-order valence-corrected chi connectivity index (χ4v) is 0.942. The molecule has 0 aliphatic heterocycles. The van der Waals surface area contributed by atoms with Gasteiger partial charge in [-0.05, 0) is 12.1 Å². The molecule has 1 aromatic carbocycles. The predicted molar refractivity (Wildman–Crippen MR) is 61.3 cm³/mol. The molecule has 0 saturated carbocycles. The van der Waals surface area contributed by atoms with Crippen molar-refractivity contribution in [1.82, 2.24) is 5.32 Å². The van der Waals surface area contributed by atoms with Crippen molar-refractivity contribution in [2.75, 3.05) is 12.5 Å². The van der Waals surface area contributed by atoms with Crippen molar-refractivity contribution in [3.63, 3.8) is 0 Å². The van der Waals surface area contributed by atoms with Crippen molar-refractivity contribution < 1.29 is 27.9 Å². The van der Waals surface area contributed by atoms with Crippen LogP contribution in [-0.4, -0.2) is 30.2 Å². The van der Waals surface area contributed by atoms with E-state index in [1.807, 2.05) is 6.07 Å². The molecule has 0 aliphatic carbocycles. The molecule has 19 heavy (non-hydrogen) atoms. The van der Waals surface area contributed by atoms with Crippen LogP contribution in [0.5, 0.6) is 0 Å². The van der Waals surface area contributed by atoms with Crippen LogP contribution in [0.3, 0.4) is 0 Å². The summed E-state index contributed by atoms with van der Waals surface area (Å²) in [5.41, 5.74) is 3.62. The Hall–Kier alpha value is -2.29. The fraction of sp³-hybridized carbons (Fsp3) is 0.200. The highest BCUT2D eigenvalue weighted by atomic mass is 19.4. The van der Waals surface area contributed by atoms with Gasteiger partial charge in [-0.3, -0.25) is 10.6 Å². The van der Waals surface area contributed by atoms with Crippen LogP contribution in [0.2, 0.25) is 0 Å². The predicted octanol–water partition coefficient (Wildman–Crippen LogP) is 0.965. The molecule has 0 radical (unpaired) electrons. The van der Waals surface area contributed by atoms with Crippen molar-refractivity contribution in [1.29, 1.82) is 0 Å². The summed E-state index contributed by atoms with van der Waals surface area (Å²) in [4.78, 5) is 20.1. The molecular formula is C10H12F3N3O3. The number of amides is 1. The first kappa shape index (κ1) is 16.7. The summed E-state index contributed by atoms with van der Waals surface area (Å²) in [7, 11) is 1.58. The van der Waals surface area contributed by atoms with E-state index in [9.17, 15) is 18.0 Å². The summed E-state index contributed by atoms with van der Waals surface area (Å²) in [6.45, 7) is 0. The summed E-state index contributed by atoms with van der Waals surface area (Å²) in [5, 5.41) is 9.65. The Balaban J connectivity index is 0.000000399. The van der Waals surface area contributed by atoms with Crippen molar-refractivity contribution in [2.45, 2.75) is 6.18 Å². The smallest absolute Gasteiger partial charge is 0.475 e. The zero-order chi connectivity index (χ0) is 15.1. The second kappa shape index (κ2) is 7.21. The van der Waals surface area contributed by atoms with Crippen LogP contribution in [0.1, 0.15) is 10.4 Å². The van der Waals surface area contributed by atoms with Gasteiger partial charge in [-0.1, -0.05) is 12.1 Å². The molecule has 0 heterocycles. The number of para-hydroxylation sites is 1. The molecule has 106 valence electrons. The van der Waals surface area contributed by atoms with E-state index in [0.29, 0.717) is 11.3 Å². The van der Waals surface area contributed by atoms with E-state index in [2.05, 4.69) is 10.7 Å². The molecule has 0 spiro atoms. The van der Waals surface area contributed by atoms with Crippen LogP contribution in [0.15, 0.2) is 24.3 Å². The molecule has 1 aromatic rings. The SMILES string of the molecule is CNC(=O)c1ccccc1NN.O=C(O)C(F)(F)F. The molecule has 6 nitrogen and oxygen atoms in total. The maximum Gasteiger partial charge on any atom is 0.490 e. The van der Waals surface area contributed by atoms with Gasteiger partial charge in [0.2, 0.25) is 0 Å². The number of benzene rings is 1. The van der Waals surface area contributed by atoms with Crippen LogP contribution in [0.25, 0.3) is 0 Å². The Bertz CT molecular complexity index is 449. The van der Waals surface area contributed by atoms with Gasteiger partial charge >= 0.3 is 12.1 Å². The molecule has 1 rings (SSSR count). The van der Waals surface area contributed by atoms with Crippen LogP contribution in [-0.2, 0) is 4.79 Å². The first-order chi connectivity index (χ1) is 8.73. The van der Waals surface area contributed by atoms with E-state index in [1.165, 1.54) is 0 Å². The second-order valence-corrected chi connectivity index (χ2v) is 3.07. The van der Waals surface area contributed by atoms with E-state index in [4.69, 9.17) is 15.7 Å². The minimum atomic E-state index is -5.08. The molecule has 0 unspecified atom stereocenters. The van der Waals surface area contributed by atoms with Gasteiger partial charge in [0.1, 0.15) is 0 Å². The third kappa shape index (κ3) is 5.73. The van der Waals surface area contributed by atoms with E-state index in [1.54, 1.807) is 25.2 Å². The third-order valence-corrected chi connectivity index (χ3v) is 1.80. The number of alkyl halides is 3. The Labute approximate surface area is 106 Å². The maximum atomic E-state index is 11.2. The highest BCUT2D eigenvalue weighted by Gasteiger charge is 2.38. The normalized spacial score (nSPS) is 9.95. The quantitative estimate of drug-likeness (QED) is 0.477. The summed E-state index contributed by atoms with van der Waals surface area (Å²) < 4.78 is 31.7. The zero-order valence-electron chi connectivity index (χ0n) is 9.78. The lowest BCUT2D eigenvalue weighted by molar-refractivity contribution is -0.192. The van der Waals surface area contributed by atoms with Crippen LogP contribution in [0, 0.1) is 0 Å². The summed E-state index contributed by atoms with van der Waals surface area (Å²) in [6.07, 6.45) is -5.08. The lowest BCUT2D eigenvalue weighted by Gasteiger charge is -2.05. The number of carboxylic acid groups (broad SMARTS) is 1. The highest BCUT2D eigenvalue weighted by Crippen LogP contribution is 2.13. The number of carbonyl (C=O) groups excluding carboxylic acids is 1. The van der Waals surface area contributed by atoms with E-state index in [-0.39, 0.29) is 5.91 Å². The minimum absolute atomic E-state index is 0.149. The molecule has 0 atom stereocenters. The number of hydrazine groups is 1. The van der Waals surface area contributed by atoms with Crippen LogP contribution < -0.4 is 16.6 Å². The molecule has 5 N–H and O–H groups in total.